The van der Waals surface area contributed by atoms with Gasteiger partial charge >= 0.3 is 0 Å². The summed E-state index contributed by atoms with van der Waals surface area (Å²) in [6.07, 6.45) is 0.835. The summed E-state index contributed by atoms with van der Waals surface area (Å²) in [4.78, 5) is 12.4. The molecule has 0 amide bonds. The van der Waals surface area contributed by atoms with Gasteiger partial charge in [-0.3, -0.25) is 9.98 Å². The predicted octanol–water partition coefficient (Wildman–Crippen LogP) is 9.65. The molecule has 0 aliphatic heterocycles. The third-order valence-corrected chi connectivity index (χ3v) is 9.18. The largest absolute Gasteiger partial charge is 0.285 e. The Bertz CT molecular complexity index is 1770. The topological polar surface area (TPSA) is 24.7 Å². The molecule has 0 bridgehead atoms. The zero-order valence-electron chi connectivity index (χ0n) is 21.0. The maximum absolute atomic E-state index is 6.35. The number of fused-ring (bicyclic) bond motifs is 2. The summed E-state index contributed by atoms with van der Waals surface area (Å²) in [5.41, 5.74) is 2.38. The van der Waals surface area contributed by atoms with E-state index in [2.05, 4.69) is 72.8 Å². The first-order valence-electron chi connectivity index (χ1n) is 12.7. The lowest BCUT2D eigenvalue weighted by Crippen LogP contribution is -2.07. The van der Waals surface area contributed by atoms with Crippen LogP contribution in [0, 0.1) is 0 Å². The van der Waals surface area contributed by atoms with Gasteiger partial charge in [-0.05, 0) is 66.1 Å². The summed E-state index contributed by atoms with van der Waals surface area (Å²) >= 11 is 16.2. The smallest absolute Gasteiger partial charge is 0.0675 e. The molecule has 0 aliphatic carbocycles. The fourth-order valence-corrected chi connectivity index (χ4v) is 6.99. The Balaban J connectivity index is 1.32. The normalized spacial score (nSPS) is 12.5. The zero-order chi connectivity index (χ0) is 26.6. The van der Waals surface area contributed by atoms with Crippen LogP contribution < -0.4 is 10.7 Å². The van der Waals surface area contributed by atoms with E-state index in [4.69, 9.17) is 33.2 Å². The second-order valence-electron chi connectivity index (χ2n) is 9.12. The van der Waals surface area contributed by atoms with E-state index in [0.29, 0.717) is 13.1 Å². The highest BCUT2D eigenvalue weighted by atomic mass is 35.5. The molecule has 0 spiro atoms. The molecule has 6 heteroatoms. The van der Waals surface area contributed by atoms with Crippen molar-refractivity contribution in [3.05, 3.63) is 130 Å². The lowest BCUT2D eigenvalue weighted by Gasteiger charge is -2.06. The van der Waals surface area contributed by atoms with Gasteiger partial charge in [-0.2, -0.15) is 0 Å². The lowest BCUT2D eigenvalue weighted by atomic mass is 10.1. The first-order valence-corrected chi connectivity index (χ1v) is 15.1. The standard InChI is InChI=1S/C33H24Cl2N2S2/c34-24-12-14-30-26(18-24)28(20-32(38-30)22-8-3-1-4-9-22)36-16-7-17-37-29-21-33(23-10-5-2-6-11-23)39-31-15-13-25(35)19-27(29)31/h1-6,8-15,18-21H,7,16-17H2. The van der Waals surface area contributed by atoms with E-state index in [-0.39, 0.29) is 0 Å². The summed E-state index contributed by atoms with van der Waals surface area (Å²) in [5, 5.41) is 5.55. The second kappa shape index (κ2) is 11.8. The van der Waals surface area contributed by atoms with Gasteiger partial charge in [-0.25, -0.2) is 0 Å². The molecular weight excluding hydrogens is 559 g/mol. The van der Waals surface area contributed by atoms with Crippen molar-refractivity contribution < 1.29 is 0 Å². The summed E-state index contributed by atoms with van der Waals surface area (Å²) in [5.74, 6) is 0. The average molecular weight is 584 g/mol. The fraction of sp³-hybridized carbons (Fsp3) is 0.0909. The monoisotopic (exact) mass is 582 g/mol. The van der Waals surface area contributed by atoms with Crippen LogP contribution in [0.5, 0.6) is 0 Å². The number of rotatable bonds is 6. The maximum atomic E-state index is 6.35. The minimum absolute atomic E-state index is 0.674. The van der Waals surface area contributed by atoms with Crippen LogP contribution >= 0.6 is 45.9 Å². The van der Waals surface area contributed by atoms with Crippen molar-refractivity contribution >= 4 is 66.0 Å². The number of benzene rings is 4. The quantitative estimate of drug-likeness (QED) is 0.175. The highest BCUT2D eigenvalue weighted by Crippen LogP contribution is 2.30. The molecule has 0 fully saturated rings. The minimum Gasteiger partial charge on any atom is -0.285 e. The Kier molecular flexibility index (Phi) is 7.89. The van der Waals surface area contributed by atoms with Gasteiger partial charge < -0.3 is 0 Å². The van der Waals surface area contributed by atoms with Crippen molar-refractivity contribution in [2.24, 2.45) is 9.98 Å². The molecule has 4 aromatic carbocycles. The van der Waals surface area contributed by atoms with Crippen molar-refractivity contribution in [2.75, 3.05) is 13.1 Å². The molecule has 2 nitrogen and oxygen atoms in total. The third-order valence-electron chi connectivity index (χ3n) is 6.41. The second-order valence-corrected chi connectivity index (χ2v) is 12.2. The van der Waals surface area contributed by atoms with Gasteiger partial charge in [0.15, 0.2) is 0 Å². The third kappa shape index (κ3) is 6.00. The molecule has 0 N–H and O–H groups in total. The van der Waals surface area contributed by atoms with Gasteiger partial charge in [0.1, 0.15) is 0 Å². The minimum atomic E-state index is 0.674. The van der Waals surface area contributed by atoms with Gasteiger partial charge in [0.05, 0.1) is 10.7 Å². The Morgan fingerprint density at radius 1 is 0.513 bits per heavy atom. The number of nitrogens with zero attached hydrogens (tertiary/aromatic N) is 2. The van der Waals surface area contributed by atoms with Crippen molar-refractivity contribution in [3.63, 3.8) is 0 Å². The highest BCUT2D eigenvalue weighted by Gasteiger charge is 2.06. The van der Waals surface area contributed by atoms with E-state index in [0.717, 1.165) is 38.0 Å². The molecule has 6 aromatic rings. The Labute approximate surface area is 245 Å². The molecule has 0 saturated heterocycles. The molecule has 0 unspecified atom stereocenters. The molecule has 0 saturated carbocycles. The van der Waals surface area contributed by atoms with E-state index in [1.807, 2.05) is 36.4 Å². The Morgan fingerprint density at radius 3 is 1.38 bits per heavy atom. The van der Waals surface area contributed by atoms with Crippen molar-refractivity contribution in [2.45, 2.75) is 6.42 Å². The summed E-state index contributed by atoms with van der Waals surface area (Å²) in [6, 6.07) is 37.3. The van der Waals surface area contributed by atoms with Gasteiger partial charge in [0.2, 0.25) is 0 Å². The first kappa shape index (κ1) is 26.0. The maximum Gasteiger partial charge on any atom is 0.0675 e. The number of hydrogen-bond donors (Lipinski definition) is 0. The van der Waals surface area contributed by atoms with Crippen LogP contribution in [-0.2, 0) is 0 Å². The summed E-state index contributed by atoms with van der Waals surface area (Å²) < 4.78 is 2.35. The molecule has 0 aliphatic rings. The fourth-order valence-electron chi connectivity index (χ4n) is 4.50. The lowest BCUT2D eigenvalue weighted by molar-refractivity contribution is 0.818. The molecule has 2 aromatic heterocycles. The molecule has 192 valence electrons. The summed E-state index contributed by atoms with van der Waals surface area (Å²) in [6.45, 7) is 1.35. The number of hydrogen-bond acceptors (Lipinski definition) is 4. The van der Waals surface area contributed by atoms with Crippen LogP contribution in [0.1, 0.15) is 6.42 Å². The van der Waals surface area contributed by atoms with Crippen LogP contribution in [0.3, 0.4) is 0 Å². The highest BCUT2D eigenvalue weighted by molar-refractivity contribution is 7.21. The van der Waals surface area contributed by atoms with Gasteiger partial charge in [-0.1, -0.05) is 83.9 Å². The van der Waals surface area contributed by atoms with Crippen molar-refractivity contribution in [3.8, 4) is 20.9 Å². The molecule has 6 rings (SSSR count). The molecular formula is C33H24Cl2N2S2. The zero-order valence-corrected chi connectivity index (χ0v) is 24.1. The SMILES string of the molecule is Clc1ccc2sc(-c3ccccc3)cc(=NCCCN=c3cc(-c4ccccc4)sc4ccc(Cl)cc34)c2c1. The first-order chi connectivity index (χ1) is 19.1. The van der Waals surface area contributed by atoms with Gasteiger partial charge in [0, 0.05) is 53.1 Å². The van der Waals surface area contributed by atoms with E-state index >= 15 is 0 Å². The van der Waals surface area contributed by atoms with E-state index < -0.39 is 0 Å². The molecule has 0 atom stereocenters. The number of halogens is 2. The van der Waals surface area contributed by atoms with Crippen molar-refractivity contribution in [1.82, 2.24) is 0 Å². The van der Waals surface area contributed by atoms with E-state index in [9.17, 15) is 0 Å². The van der Waals surface area contributed by atoms with Crippen LogP contribution in [0.15, 0.2) is 119 Å². The van der Waals surface area contributed by atoms with Crippen LogP contribution in [-0.4, -0.2) is 13.1 Å². The average Bonchev–Trinajstić information content (AvgIpc) is 2.98. The van der Waals surface area contributed by atoms with E-state index in [1.165, 1.54) is 30.3 Å². The Hall–Kier alpha value is -3.28. The summed E-state index contributed by atoms with van der Waals surface area (Å²) in [7, 11) is 0. The predicted molar refractivity (Wildman–Crippen MR) is 170 cm³/mol. The van der Waals surface area contributed by atoms with Gasteiger partial charge in [0.25, 0.3) is 0 Å². The van der Waals surface area contributed by atoms with E-state index in [1.54, 1.807) is 22.7 Å². The molecule has 39 heavy (non-hydrogen) atoms. The Morgan fingerprint density at radius 2 is 0.949 bits per heavy atom. The van der Waals surface area contributed by atoms with Gasteiger partial charge in [-0.15, -0.1) is 22.7 Å². The molecule has 0 radical (unpaired) electrons. The van der Waals surface area contributed by atoms with Crippen molar-refractivity contribution in [1.29, 1.82) is 0 Å². The van der Waals surface area contributed by atoms with Crippen LogP contribution in [0.4, 0.5) is 0 Å². The van der Waals surface area contributed by atoms with Crippen LogP contribution in [0.2, 0.25) is 10.0 Å². The van der Waals surface area contributed by atoms with Crippen LogP contribution in [0.25, 0.3) is 41.1 Å². The molecule has 2 heterocycles.